The SMILES string of the molecule is CC(N)C(N1CCCC(CCO)C1)C(C)(C)C. The molecule has 0 aromatic rings. The number of rotatable bonds is 4. The first-order chi connectivity index (χ1) is 7.86. The van der Waals surface area contributed by atoms with Crippen molar-refractivity contribution in [2.24, 2.45) is 17.1 Å². The van der Waals surface area contributed by atoms with E-state index in [-0.39, 0.29) is 11.5 Å². The second-order valence-corrected chi connectivity index (χ2v) is 6.69. The molecule has 0 aromatic heterocycles. The Labute approximate surface area is 106 Å². The molecule has 1 heterocycles. The number of aliphatic hydroxyl groups is 1. The van der Waals surface area contributed by atoms with Crippen LogP contribution in [0.1, 0.15) is 47.0 Å². The first kappa shape index (κ1) is 14.9. The lowest BCUT2D eigenvalue weighted by molar-refractivity contribution is 0.0388. The molecular weight excluding hydrogens is 212 g/mol. The molecule has 0 amide bonds. The lowest BCUT2D eigenvalue weighted by Crippen LogP contribution is -2.56. The number of hydrogen-bond acceptors (Lipinski definition) is 3. The van der Waals surface area contributed by atoms with Crippen molar-refractivity contribution < 1.29 is 5.11 Å². The van der Waals surface area contributed by atoms with E-state index in [4.69, 9.17) is 10.8 Å². The Morgan fingerprint density at radius 3 is 2.53 bits per heavy atom. The van der Waals surface area contributed by atoms with Crippen LogP contribution in [-0.2, 0) is 0 Å². The first-order valence-electron chi connectivity index (χ1n) is 6.96. The Bertz CT molecular complexity index is 221. The smallest absolute Gasteiger partial charge is 0.0434 e. The predicted octanol–water partition coefficient (Wildman–Crippen LogP) is 1.84. The van der Waals surface area contributed by atoms with Crippen LogP contribution < -0.4 is 5.73 Å². The summed E-state index contributed by atoms with van der Waals surface area (Å²) in [7, 11) is 0. The molecule has 1 aliphatic heterocycles. The normalized spacial score (nSPS) is 26.8. The van der Waals surface area contributed by atoms with Gasteiger partial charge in [0, 0.05) is 25.2 Å². The van der Waals surface area contributed by atoms with E-state index in [2.05, 4.69) is 32.6 Å². The molecule has 3 nitrogen and oxygen atoms in total. The molecule has 102 valence electrons. The fourth-order valence-corrected chi connectivity index (χ4v) is 3.44. The van der Waals surface area contributed by atoms with Gasteiger partial charge in [-0.05, 0) is 44.1 Å². The minimum Gasteiger partial charge on any atom is -0.396 e. The van der Waals surface area contributed by atoms with E-state index < -0.39 is 0 Å². The van der Waals surface area contributed by atoms with E-state index in [0.29, 0.717) is 18.6 Å². The molecule has 3 unspecified atom stereocenters. The zero-order chi connectivity index (χ0) is 13.1. The van der Waals surface area contributed by atoms with E-state index in [1.165, 1.54) is 12.8 Å². The molecular formula is C14H30N2O. The van der Waals surface area contributed by atoms with E-state index in [9.17, 15) is 0 Å². The van der Waals surface area contributed by atoms with Gasteiger partial charge >= 0.3 is 0 Å². The summed E-state index contributed by atoms with van der Waals surface area (Å²) in [6.07, 6.45) is 3.43. The molecule has 0 saturated carbocycles. The highest BCUT2D eigenvalue weighted by Crippen LogP contribution is 2.30. The standard InChI is InChI=1S/C14H30N2O/c1-11(15)13(14(2,3)4)16-8-5-6-12(10-16)7-9-17/h11-13,17H,5-10,15H2,1-4H3. The lowest BCUT2D eigenvalue weighted by atomic mass is 9.80. The molecule has 3 heteroatoms. The Hall–Kier alpha value is -0.120. The summed E-state index contributed by atoms with van der Waals surface area (Å²) in [5, 5.41) is 9.07. The van der Waals surface area contributed by atoms with Crippen molar-refractivity contribution in [1.82, 2.24) is 4.90 Å². The van der Waals surface area contributed by atoms with Crippen LogP contribution in [0.25, 0.3) is 0 Å². The number of nitrogens with zero attached hydrogens (tertiary/aromatic N) is 1. The van der Waals surface area contributed by atoms with Crippen LogP contribution in [0, 0.1) is 11.3 Å². The maximum Gasteiger partial charge on any atom is 0.0434 e. The third-order valence-corrected chi connectivity index (χ3v) is 3.87. The Morgan fingerprint density at radius 2 is 2.06 bits per heavy atom. The number of likely N-dealkylation sites (tertiary alicyclic amines) is 1. The molecule has 0 spiro atoms. The average Bonchev–Trinajstić information content (AvgIpc) is 2.15. The van der Waals surface area contributed by atoms with Gasteiger partial charge in [-0.25, -0.2) is 0 Å². The van der Waals surface area contributed by atoms with Gasteiger partial charge in [0.25, 0.3) is 0 Å². The van der Waals surface area contributed by atoms with E-state index >= 15 is 0 Å². The van der Waals surface area contributed by atoms with Crippen LogP contribution in [0.2, 0.25) is 0 Å². The van der Waals surface area contributed by atoms with Crippen molar-refractivity contribution in [3.05, 3.63) is 0 Å². The van der Waals surface area contributed by atoms with Crippen molar-refractivity contribution in [3.63, 3.8) is 0 Å². The molecule has 1 saturated heterocycles. The van der Waals surface area contributed by atoms with Crippen molar-refractivity contribution in [1.29, 1.82) is 0 Å². The predicted molar refractivity (Wildman–Crippen MR) is 72.9 cm³/mol. The van der Waals surface area contributed by atoms with Gasteiger partial charge in [-0.15, -0.1) is 0 Å². The van der Waals surface area contributed by atoms with Gasteiger partial charge in [0.2, 0.25) is 0 Å². The maximum atomic E-state index is 9.07. The molecule has 3 N–H and O–H groups in total. The summed E-state index contributed by atoms with van der Waals surface area (Å²) in [4.78, 5) is 2.55. The molecule has 1 rings (SSSR count). The monoisotopic (exact) mass is 242 g/mol. The van der Waals surface area contributed by atoms with Gasteiger partial charge in [0.1, 0.15) is 0 Å². The van der Waals surface area contributed by atoms with Crippen molar-refractivity contribution >= 4 is 0 Å². The van der Waals surface area contributed by atoms with Gasteiger partial charge in [-0.1, -0.05) is 20.8 Å². The Morgan fingerprint density at radius 1 is 1.41 bits per heavy atom. The van der Waals surface area contributed by atoms with Crippen molar-refractivity contribution in [2.45, 2.75) is 59.0 Å². The van der Waals surface area contributed by atoms with E-state index in [1.54, 1.807) is 0 Å². The quantitative estimate of drug-likeness (QED) is 0.791. The molecule has 0 bridgehead atoms. The largest absolute Gasteiger partial charge is 0.396 e. The topological polar surface area (TPSA) is 49.5 Å². The second kappa shape index (κ2) is 6.17. The van der Waals surface area contributed by atoms with Gasteiger partial charge in [-0.3, -0.25) is 4.90 Å². The highest BCUT2D eigenvalue weighted by molar-refractivity contribution is 4.91. The highest BCUT2D eigenvalue weighted by atomic mass is 16.3. The van der Waals surface area contributed by atoms with Crippen LogP contribution in [0.3, 0.4) is 0 Å². The Kier molecular flexibility index (Phi) is 5.42. The summed E-state index contributed by atoms with van der Waals surface area (Å²) in [5.41, 5.74) is 6.40. The summed E-state index contributed by atoms with van der Waals surface area (Å²) in [5.74, 6) is 0.650. The minimum atomic E-state index is 0.197. The molecule has 1 aliphatic rings. The third-order valence-electron chi connectivity index (χ3n) is 3.87. The molecule has 1 fully saturated rings. The lowest BCUT2D eigenvalue weighted by Gasteiger charge is -2.46. The van der Waals surface area contributed by atoms with Crippen LogP contribution in [0.15, 0.2) is 0 Å². The number of aliphatic hydroxyl groups excluding tert-OH is 1. The fraction of sp³-hybridized carbons (Fsp3) is 1.00. The molecule has 0 aliphatic carbocycles. The zero-order valence-corrected chi connectivity index (χ0v) is 11.9. The molecule has 0 radical (unpaired) electrons. The fourth-order valence-electron chi connectivity index (χ4n) is 3.44. The summed E-state index contributed by atoms with van der Waals surface area (Å²) in [6, 6.07) is 0.631. The van der Waals surface area contributed by atoms with Gasteiger partial charge in [-0.2, -0.15) is 0 Å². The van der Waals surface area contributed by atoms with Crippen LogP contribution >= 0.6 is 0 Å². The summed E-state index contributed by atoms with van der Waals surface area (Å²) >= 11 is 0. The first-order valence-corrected chi connectivity index (χ1v) is 6.96. The van der Waals surface area contributed by atoms with Crippen LogP contribution in [0.5, 0.6) is 0 Å². The second-order valence-electron chi connectivity index (χ2n) is 6.69. The van der Waals surface area contributed by atoms with Gasteiger partial charge in [0.15, 0.2) is 0 Å². The number of hydrogen-bond donors (Lipinski definition) is 2. The van der Waals surface area contributed by atoms with Crippen molar-refractivity contribution in [3.8, 4) is 0 Å². The van der Waals surface area contributed by atoms with Crippen molar-refractivity contribution in [2.75, 3.05) is 19.7 Å². The molecule has 17 heavy (non-hydrogen) atoms. The summed E-state index contributed by atoms with van der Waals surface area (Å²) < 4.78 is 0. The average molecular weight is 242 g/mol. The number of piperidine rings is 1. The molecule has 3 atom stereocenters. The van der Waals surface area contributed by atoms with Gasteiger partial charge < -0.3 is 10.8 Å². The summed E-state index contributed by atoms with van der Waals surface area (Å²) in [6.45, 7) is 11.5. The Balaban J connectivity index is 2.68. The van der Waals surface area contributed by atoms with Crippen LogP contribution in [0.4, 0.5) is 0 Å². The van der Waals surface area contributed by atoms with E-state index in [0.717, 1.165) is 19.5 Å². The zero-order valence-electron chi connectivity index (χ0n) is 11.9. The maximum absolute atomic E-state index is 9.07. The number of nitrogens with two attached hydrogens (primary N) is 1. The molecule has 0 aromatic carbocycles. The van der Waals surface area contributed by atoms with E-state index in [1.807, 2.05) is 0 Å². The van der Waals surface area contributed by atoms with Gasteiger partial charge in [0.05, 0.1) is 0 Å². The minimum absolute atomic E-state index is 0.197. The van der Waals surface area contributed by atoms with Crippen LogP contribution in [-0.4, -0.2) is 41.8 Å². The highest BCUT2D eigenvalue weighted by Gasteiger charge is 2.35. The third kappa shape index (κ3) is 4.23.